The highest BCUT2D eigenvalue weighted by Crippen LogP contribution is 2.25. The van der Waals surface area contributed by atoms with Gasteiger partial charge >= 0.3 is 6.09 Å². The van der Waals surface area contributed by atoms with Gasteiger partial charge in [-0.15, -0.1) is 0 Å². The Morgan fingerprint density at radius 2 is 1.52 bits per heavy atom. The van der Waals surface area contributed by atoms with Gasteiger partial charge in [-0.25, -0.2) is 4.79 Å². The molecule has 2 aromatic carbocycles. The van der Waals surface area contributed by atoms with Crippen molar-refractivity contribution in [3.05, 3.63) is 65.7 Å². The number of hydrogen-bond acceptors (Lipinski definition) is 5. The zero-order valence-corrected chi connectivity index (χ0v) is 27.3. The molecule has 42 heavy (non-hydrogen) atoms. The number of carbonyl (C=O) groups is 1. The first-order valence-electron chi connectivity index (χ1n) is 16.2. The van der Waals surface area contributed by atoms with Crippen LogP contribution < -0.4 is 10.1 Å². The van der Waals surface area contributed by atoms with Gasteiger partial charge < -0.3 is 19.7 Å². The van der Waals surface area contributed by atoms with Gasteiger partial charge in [0.05, 0.1) is 0 Å². The lowest BCUT2D eigenvalue weighted by Gasteiger charge is -2.32. The Labute approximate surface area is 256 Å². The normalized spacial score (nSPS) is 15.1. The van der Waals surface area contributed by atoms with Gasteiger partial charge in [-0.2, -0.15) is 0 Å². The lowest BCUT2D eigenvalue weighted by Crippen LogP contribution is -2.38. The molecule has 0 saturated carbocycles. The van der Waals surface area contributed by atoms with Crippen molar-refractivity contribution < 1.29 is 14.3 Å². The van der Waals surface area contributed by atoms with Gasteiger partial charge in [-0.05, 0) is 117 Å². The second kappa shape index (κ2) is 16.9. The van der Waals surface area contributed by atoms with E-state index in [1.54, 1.807) is 0 Å². The van der Waals surface area contributed by atoms with E-state index >= 15 is 0 Å². The third-order valence-electron chi connectivity index (χ3n) is 7.65. The lowest BCUT2D eigenvalue weighted by molar-refractivity contribution is 0.0521. The maximum Gasteiger partial charge on any atom is 0.407 e. The molecule has 1 N–H and O–H groups in total. The SMILES string of the molecule is CC(C)(C)OC(=O)NCCN(CCCCCCN1CCC(Cc2ccccc2)CC1)Cc1ccccc1OC(C)(C)C. The van der Waals surface area contributed by atoms with E-state index in [2.05, 4.69) is 84.4 Å². The molecule has 1 saturated heterocycles. The molecule has 1 fully saturated rings. The minimum absolute atomic E-state index is 0.254. The predicted molar refractivity (Wildman–Crippen MR) is 174 cm³/mol. The molecule has 0 spiro atoms. The number of benzene rings is 2. The first-order valence-corrected chi connectivity index (χ1v) is 16.2. The number of para-hydroxylation sites is 1. The molecule has 0 radical (unpaired) electrons. The highest BCUT2D eigenvalue weighted by molar-refractivity contribution is 5.67. The zero-order valence-electron chi connectivity index (χ0n) is 27.3. The van der Waals surface area contributed by atoms with Crippen molar-refractivity contribution >= 4 is 6.09 Å². The van der Waals surface area contributed by atoms with Crippen molar-refractivity contribution in [2.75, 3.05) is 39.3 Å². The summed E-state index contributed by atoms with van der Waals surface area (Å²) in [6.07, 6.45) is 8.41. The highest BCUT2D eigenvalue weighted by atomic mass is 16.6. The molecule has 0 aliphatic carbocycles. The minimum atomic E-state index is -0.495. The number of nitrogens with zero attached hydrogens (tertiary/aromatic N) is 2. The summed E-state index contributed by atoms with van der Waals surface area (Å²) in [5.41, 5.74) is 1.91. The number of carbonyl (C=O) groups excluding carboxylic acids is 1. The van der Waals surface area contributed by atoms with Crippen LogP contribution >= 0.6 is 0 Å². The number of nitrogens with one attached hydrogen (secondary N) is 1. The van der Waals surface area contributed by atoms with Crippen LogP contribution in [0.15, 0.2) is 54.6 Å². The van der Waals surface area contributed by atoms with Crippen LogP contribution in [0.3, 0.4) is 0 Å². The fraction of sp³-hybridized carbons (Fsp3) is 0.639. The minimum Gasteiger partial charge on any atom is -0.488 e. The van der Waals surface area contributed by atoms with Crippen molar-refractivity contribution in [2.45, 2.75) is 104 Å². The van der Waals surface area contributed by atoms with Crippen molar-refractivity contribution in [2.24, 2.45) is 5.92 Å². The number of ether oxygens (including phenoxy) is 2. The summed E-state index contributed by atoms with van der Waals surface area (Å²) in [5, 5.41) is 2.93. The summed E-state index contributed by atoms with van der Waals surface area (Å²) in [6, 6.07) is 19.3. The van der Waals surface area contributed by atoms with Crippen molar-refractivity contribution in [3.63, 3.8) is 0 Å². The van der Waals surface area contributed by atoms with E-state index in [0.29, 0.717) is 6.54 Å². The standard InChI is InChI=1S/C36H57N3O3/c1-35(2,3)41-33-19-13-12-18-32(33)29-39(27-22-37-34(40)42-36(4,5)6)24-15-8-7-14-23-38-25-20-31(21-26-38)28-30-16-10-9-11-17-30/h9-13,16-19,31H,7-8,14-15,20-29H2,1-6H3,(H,37,40). The topological polar surface area (TPSA) is 54.0 Å². The van der Waals surface area contributed by atoms with Crippen LogP contribution in [0.5, 0.6) is 5.75 Å². The van der Waals surface area contributed by atoms with E-state index in [1.165, 1.54) is 69.3 Å². The van der Waals surface area contributed by atoms with Crippen LogP contribution in [0.2, 0.25) is 0 Å². The molecule has 0 atom stereocenters. The Morgan fingerprint density at radius 3 is 2.21 bits per heavy atom. The molecule has 1 aliphatic rings. The molecule has 1 heterocycles. The van der Waals surface area contributed by atoms with E-state index in [4.69, 9.17) is 9.47 Å². The highest BCUT2D eigenvalue weighted by Gasteiger charge is 2.20. The first kappa shape index (κ1) is 33.9. The summed E-state index contributed by atoms with van der Waals surface area (Å²) < 4.78 is 11.7. The summed E-state index contributed by atoms with van der Waals surface area (Å²) in [6.45, 7) is 18.7. The molecule has 3 rings (SSSR count). The molecule has 0 bridgehead atoms. The fourth-order valence-electron chi connectivity index (χ4n) is 5.59. The molecule has 0 unspecified atom stereocenters. The maximum atomic E-state index is 12.2. The van der Waals surface area contributed by atoms with E-state index in [9.17, 15) is 4.79 Å². The number of alkyl carbamates (subject to hydrolysis) is 1. The third kappa shape index (κ3) is 14.1. The van der Waals surface area contributed by atoms with E-state index in [-0.39, 0.29) is 11.7 Å². The van der Waals surface area contributed by atoms with Gasteiger partial charge in [0.15, 0.2) is 0 Å². The summed E-state index contributed by atoms with van der Waals surface area (Å²) in [7, 11) is 0. The Bertz CT molecular complexity index is 1040. The number of rotatable bonds is 15. The molecule has 1 aliphatic heterocycles. The summed E-state index contributed by atoms with van der Waals surface area (Å²) >= 11 is 0. The van der Waals surface area contributed by atoms with Gasteiger partial charge in [0.2, 0.25) is 0 Å². The fourth-order valence-corrected chi connectivity index (χ4v) is 5.59. The third-order valence-corrected chi connectivity index (χ3v) is 7.65. The van der Waals surface area contributed by atoms with Crippen LogP contribution in [-0.2, 0) is 17.7 Å². The van der Waals surface area contributed by atoms with Crippen LogP contribution in [-0.4, -0.2) is 66.4 Å². The van der Waals surface area contributed by atoms with Crippen LogP contribution in [0.4, 0.5) is 4.79 Å². The molecular weight excluding hydrogens is 522 g/mol. The van der Waals surface area contributed by atoms with Crippen molar-refractivity contribution in [1.29, 1.82) is 0 Å². The quantitative estimate of drug-likeness (QED) is 0.219. The smallest absolute Gasteiger partial charge is 0.407 e. The maximum absolute atomic E-state index is 12.2. The number of likely N-dealkylation sites (tertiary alicyclic amines) is 1. The van der Waals surface area contributed by atoms with Gasteiger partial charge in [0.25, 0.3) is 0 Å². The predicted octanol–water partition coefficient (Wildman–Crippen LogP) is 7.71. The average molecular weight is 580 g/mol. The summed E-state index contributed by atoms with van der Waals surface area (Å²) in [5.74, 6) is 1.76. The number of piperidine rings is 1. The number of unbranched alkanes of at least 4 members (excludes halogenated alkanes) is 3. The molecule has 1 amide bonds. The molecule has 6 nitrogen and oxygen atoms in total. The second-order valence-corrected chi connectivity index (χ2v) is 13.9. The Morgan fingerprint density at radius 1 is 0.857 bits per heavy atom. The second-order valence-electron chi connectivity index (χ2n) is 13.9. The zero-order chi connectivity index (χ0) is 30.4. The molecule has 0 aromatic heterocycles. The van der Waals surface area contributed by atoms with Crippen molar-refractivity contribution in [3.8, 4) is 5.75 Å². The summed E-state index contributed by atoms with van der Waals surface area (Å²) in [4.78, 5) is 17.3. The molecular formula is C36H57N3O3. The Kier molecular flexibility index (Phi) is 13.7. The average Bonchev–Trinajstić information content (AvgIpc) is 2.91. The van der Waals surface area contributed by atoms with E-state index in [1.807, 2.05) is 26.8 Å². The van der Waals surface area contributed by atoms with Gasteiger partial charge in [0.1, 0.15) is 17.0 Å². The van der Waals surface area contributed by atoms with E-state index in [0.717, 1.165) is 37.7 Å². The van der Waals surface area contributed by atoms with E-state index < -0.39 is 5.60 Å². The number of hydrogen-bond donors (Lipinski definition) is 1. The lowest BCUT2D eigenvalue weighted by atomic mass is 9.90. The molecule has 2 aromatic rings. The first-order chi connectivity index (χ1) is 20.0. The van der Waals surface area contributed by atoms with Gasteiger partial charge in [-0.3, -0.25) is 4.90 Å². The van der Waals surface area contributed by atoms with Gasteiger partial charge in [0, 0.05) is 25.2 Å². The van der Waals surface area contributed by atoms with Crippen LogP contribution in [0.1, 0.15) is 91.2 Å². The van der Waals surface area contributed by atoms with Gasteiger partial charge in [-0.1, -0.05) is 61.4 Å². The molecule has 234 valence electrons. The monoisotopic (exact) mass is 579 g/mol. The van der Waals surface area contributed by atoms with Crippen LogP contribution in [0, 0.1) is 5.92 Å². The largest absolute Gasteiger partial charge is 0.488 e. The Hall–Kier alpha value is -2.57. The molecule has 6 heteroatoms. The number of amides is 1. The Balaban J connectivity index is 1.40. The van der Waals surface area contributed by atoms with Crippen LogP contribution in [0.25, 0.3) is 0 Å². The van der Waals surface area contributed by atoms with Crippen molar-refractivity contribution in [1.82, 2.24) is 15.1 Å².